The van der Waals surface area contributed by atoms with E-state index in [1.54, 1.807) is 20.0 Å². The second kappa shape index (κ2) is 9.80. The first kappa shape index (κ1) is 26.5. The fourth-order valence-corrected chi connectivity index (χ4v) is 9.44. The van der Waals surface area contributed by atoms with Gasteiger partial charge in [0.15, 0.2) is 0 Å². The van der Waals surface area contributed by atoms with Crippen molar-refractivity contribution in [2.45, 2.75) is 87.2 Å². The van der Waals surface area contributed by atoms with E-state index in [0.717, 1.165) is 14.2 Å². The van der Waals surface area contributed by atoms with Crippen LogP contribution in [0.5, 0.6) is 0 Å². The van der Waals surface area contributed by atoms with Crippen molar-refractivity contribution in [1.29, 1.82) is 0 Å². The van der Waals surface area contributed by atoms with Crippen LogP contribution in [0.4, 0.5) is 0 Å². The largest absolute Gasteiger partial charge is 0.857 e. The molecular weight excluding hydrogens is 465 g/mol. The molecule has 0 fully saturated rings. The van der Waals surface area contributed by atoms with Crippen LogP contribution in [0.2, 0.25) is 0 Å². The average Bonchev–Trinajstić information content (AvgIpc) is 2.59. The van der Waals surface area contributed by atoms with Crippen molar-refractivity contribution in [2.24, 2.45) is 5.41 Å². The van der Waals surface area contributed by atoms with Crippen LogP contribution in [0, 0.1) is 5.41 Å². The molecule has 0 aliphatic heterocycles. The van der Waals surface area contributed by atoms with Crippen LogP contribution in [0.3, 0.4) is 0 Å². The monoisotopic (exact) mass is 505 g/mol. The van der Waals surface area contributed by atoms with Crippen molar-refractivity contribution in [3.05, 3.63) is 20.0 Å². The van der Waals surface area contributed by atoms with E-state index in [0.29, 0.717) is 0 Å². The molecule has 3 nitrogen and oxygen atoms in total. The summed E-state index contributed by atoms with van der Waals surface area (Å²) in [5.74, 6) is 0. The average molecular weight is 504 g/mol. The van der Waals surface area contributed by atoms with Gasteiger partial charge < -0.3 is 10.2 Å². The maximum Gasteiger partial charge on any atom is -0.153 e. The molecule has 24 heavy (non-hydrogen) atoms. The number of hydrogen-bond donors (Lipinski definition) is 0. The molecular formula is C20H39HfNO2. The summed E-state index contributed by atoms with van der Waals surface area (Å²) in [6, 6.07) is 0. The molecule has 0 radical (unpaired) electrons. The predicted octanol–water partition coefficient (Wildman–Crippen LogP) is 3.49. The van der Waals surface area contributed by atoms with Crippen LogP contribution in [0.1, 0.15) is 76.2 Å². The summed E-state index contributed by atoms with van der Waals surface area (Å²) in [5, 5.41) is 16.5. The second-order valence-electron chi connectivity index (χ2n) is 8.66. The molecule has 0 unspecified atom stereocenters. The van der Waals surface area contributed by atoms with Gasteiger partial charge in [0.25, 0.3) is 0 Å². The molecule has 0 saturated heterocycles. The quantitative estimate of drug-likeness (QED) is 0.542. The summed E-state index contributed by atoms with van der Waals surface area (Å²) >= 11 is -1.05. The summed E-state index contributed by atoms with van der Waals surface area (Å²) in [4.78, 5) is 0. The molecule has 0 bridgehead atoms. The Hall–Kier alpha value is 0.230. The second-order valence-corrected chi connectivity index (χ2v) is 12.9. The molecule has 0 amide bonds. The van der Waals surface area contributed by atoms with Gasteiger partial charge in [-0.3, -0.25) is 0 Å². The number of nitrogens with zero attached hydrogens (tertiary/aromatic N) is 1. The normalized spacial score (nSPS) is 17.2. The molecule has 0 aromatic carbocycles. The van der Waals surface area contributed by atoms with Gasteiger partial charge in [0.2, 0.25) is 0 Å². The van der Waals surface area contributed by atoms with Gasteiger partial charge in [-0.2, -0.15) is 14.2 Å². The summed E-state index contributed by atoms with van der Waals surface area (Å²) in [6.07, 6.45) is 0. The minimum absolute atomic E-state index is 0.259. The van der Waals surface area contributed by atoms with Gasteiger partial charge in [0, 0.05) is 0 Å². The van der Waals surface area contributed by atoms with Crippen LogP contribution in [0.15, 0.2) is 20.0 Å². The Morgan fingerprint density at radius 2 is 1.08 bits per heavy atom. The van der Waals surface area contributed by atoms with Gasteiger partial charge in [-0.05, 0) is 0 Å². The predicted molar refractivity (Wildman–Crippen MR) is 98.0 cm³/mol. The van der Waals surface area contributed by atoms with Crippen molar-refractivity contribution < 1.29 is 33.4 Å². The first-order chi connectivity index (χ1) is 10.7. The molecule has 0 saturated carbocycles. The third-order valence-corrected chi connectivity index (χ3v) is 14.6. The fraction of sp³-hybridized carbons (Fsp3) is 0.800. The minimum Gasteiger partial charge on any atom is -0.857 e. The fourth-order valence-electron chi connectivity index (χ4n) is 3.27. The summed E-state index contributed by atoms with van der Waals surface area (Å²) < 4.78 is 4.62. The maximum absolute atomic E-state index is 8.25. The zero-order valence-corrected chi connectivity index (χ0v) is 21.9. The molecule has 4 heteroatoms. The van der Waals surface area contributed by atoms with E-state index in [4.69, 9.17) is 10.2 Å². The van der Waals surface area contributed by atoms with Crippen LogP contribution in [0.25, 0.3) is 0 Å². The van der Waals surface area contributed by atoms with Gasteiger partial charge in [0.1, 0.15) is 0 Å². The number of rotatable bonds is 2. The van der Waals surface area contributed by atoms with E-state index in [1.165, 1.54) is 0 Å². The number of allylic oxidation sites excluding steroid dienone is 4. The number of hydrogen-bond acceptors (Lipinski definition) is 3. The molecule has 0 spiro atoms. The Morgan fingerprint density at radius 3 is 1.29 bits per heavy atom. The third kappa shape index (κ3) is 6.19. The Kier molecular flexibility index (Phi) is 10.8. The molecule has 1 aliphatic rings. The standard InChI is InChI=1S/C10H15.C8H18N.2CH3O.Hf/c1-7-6-10(4,5)9(3)8(7)2;1-7(2,3)9-8(4,5)6;2*1-2;/h1-5H3;1-6H3;2*1H3;/q;3*-1;+3. The molecule has 1 aliphatic carbocycles. The van der Waals surface area contributed by atoms with Gasteiger partial charge in [-0.1, -0.05) is 0 Å². The van der Waals surface area contributed by atoms with Crippen molar-refractivity contribution in [3.8, 4) is 0 Å². The molecule has 0 atom stereocenters. The topological polar surface area (TPSA) is 49.4 Å². The Balaban J connectivity index is 0. The smallest absolute Gasteiger partial charge is 0.153 e. The van der Waals surface area contributed by atoms with Crippen molar-refractivity contribution in [2.75, 3.05) is 14.2 Å². The van der Waals surface area contributed by atoms with E-state index in [-0.39, 0.29) is 16.5 Å². The SMILES string of the molecule is CC1=C(C)C(C)(C)[C]([Hf+2][N](C(C)(C)C)C(C)(C)C)=C1C.C[O-].C[O-]. The molecule has 0 aromatic heterocycles. The summed E-state index contributed by atoms with van der Waals surface area (Å²) in [7, 11) is 1.50. The Bertz CT molecular complexity index is 449. The van der Waals surface area contributed by atoms with Crippen molar-refractivity contribution >= 4 is 0 Å². The van der Waals surface area contributed by atoms with E-state index in [9.17, 15) is 0 Å². The van der Waals surface area contributed by atoms with Crippen LogP contribution in [-0.2, 0) is 23.2 Å². The first-order valence-electron chi connectivity index (χ1n) is 8.49. The van der Waals surface area contributed by atoms with Crippen LogP contribution in [-0.4, -0.2) is 28.2 Å². The summed E-state index contributed by atoms with van der Waals surface area (Å²) in [6.45, 7) is 26.1. The first-order valence-corrected chi connectivity index (χ1v) is 11.9. The zero-order valence-electron chi connectivity index (χ0n) is 18.3. The van der Waals surface area contributed by atoms with E-state index >= 15 is 0 Å². The van der Waals surface area contributed by atoms with Crippen molar-refractivity contribution in [3.63, 3.8) is 0 Å². The Morgan fingerprint density at radius 1 is 0.750 bits per heavy atom. The van der Waals surface area contributed by atoms with Crippen LogP contribution >= 0.6 is 0 Å². The van der Waals surface area contributed by atoms with Crippen LogP contribution < -0.4 is 10.2 Å². The van der Waals surface area contributed by atoms with E-state index < -0.39 is 23.2 Å². The van der Waals surface area contributed by atoms with Gasteiger partial charge in [0.05, 0.1) is 0 Å². The third-order valence-electron chi connectivity index (χ3n) is 4.63. The molecule has 1 rings (SSSR count). The Labute approximate surface area is 163 Å². The van der Waals surface area contributed by atoms with Gasteiger partial charge in [-0.25, -0.2) is 0 Å². The molecule has 0 N–H and O–H groups in total. The van der Waals surface area contributed by atoms with Gasteiger partial charge in [-0.15, -0.1) is 0 Å². The maximum atomic E-state index is 8.25. The molecule has 0 aromatic rings. The van der Waals surface area contributed by atoms with E-state index in [1.807, 2.05) is 0 Å². The summed E-state index contributed by atoms with van der Waals surface area (Å²) in [5.41, 5.74) is 5.52. The van der Waals surface area contributed by atoms with Crippen molar-refractivity contribution in [1.82, 2.24) is 2.89 Å². The van der Waals surface area contributed by atoms with E-state index in [2.05, 4.69) is 79.0 Å². The molecule has 140 valence electrons. The van der Waals surface area contributed by atoms with Gasteiger partial charge >= 0.3 is 139 Å². The zero-order chi connectivity index (χ0) is 20.1. The minimum atomic E-state index is -1.05. The molecule has 0 heterocycles.